The summed E-state index contributed by atoms with van der Waals surface area (Å²) >= 11 is 0. The van der Waals surface area contributed by atoms with Crippen molar-refractivity contribution in [3.05, 3.63) is 0 Å². The Hall–Kier alpha value is -0.120. The van der Waals surface area contributed by atoms with Crippen molar-refractivity contribution in [2.75, 3.05) is 39.4 Å². The Morgan fingerprint density at radius 1 is 1.33 bits per heavy atom. The van der Waals surface area contributed by atoms with E-state index < -0.39 is 0 Å². The molecule has 0 aromatic heterocycles. The number of morpholine rings is 1. The predicted octanol–water partition coefficient (Wildman–Crippen LogP) is -2.86. The maximum atomic E-state index is 5.20. The van der Waals surface area contributed by atoms with Gasteiger partial charge in [0.25, 0.3) is 0 Å². The van der Waals surface area contributed by atoms with Gasteiger partial charge in [-0.1, -0.05) is 0 Å². The molecule has 0 unspecified atom stereocenters. The van der Waals surface area contributed by atoms with Crippen LogP contribution in [0.5, 0.6) is 0 Å². The van der Waals surface area contributed by atoms with E-state index in [0.717, 1.165) is 19.8 Å². The molecule has 0 bridgehead atoms. The molecule has 3 nitrogen and oxygen atoms in total. The molecule has 0 aliphatic carbocycles. The molecule has 1 rings (SSSR count). The normalized spacial score (nSPS) is 22.3. The van der Waals surface area contributed by atoms with Crippen molar-refractivity contribution in [1.82, 2.24) is 0 Å². The summed E-state index contributed by atoms with van der Waals surface area (Å²) in [6, 6.07) is 0. The molecule has 3 heteroatoms. The lowest BCUT2D eigenvalue weighted by molar-refractivity contribution is -0.912. The molecule has 1 aliphatic rings. The summed E-state index contributed by atoms with van der Waals surface area (Å²) in [5.41, 5.74) is 3.82. The van der Waals surface area contributed by atoms with Crippen LogP contribution in [0.4, 0.5) is 0 Å². The highest BCUT2D eigenvalue weighted by molar-refractivity contribution is 4.37. The second-order valence-corrected chi connectivity index (χ2v) is 2.47. The first-order chi connectivity index (χ1) is 4.43. The molecule has 0 radical (unpaired) electrons. The van der Waals surface area contributed by atoms with Crippen molar-refractivity contribution in [2.45, 2.75) is 0 Å². The maximum Gasteiger partial charge on any atom is 0.127 e. The van der Waals surface area contributed by atoms with Gasteiger partial charge in [0.2, 0.25) is 0 Å². The minimum absolute atomic E-state index is 0.940. The van der Waals surface area contributed by atoms with Crippen LogP contribution in [0.2, 0.25) is 0 Å². The maximum absolute atomic E-state index is 5.20. The van der Waals surface area contributed by atoms with Crippen LogP contribution < -0.4 is 10.6 Å². The van der Waals surface area contributed by atoms with Crippen LogP contribution in [0.1, 0.15) is 0 Å². The number of rotatable bonds is 2. The van der Waals surface area contributed by atoms with Gasteiger partial charge >= 0.3 is 0 Å². The molecule has 54 valence electrons. The first-order valence-corrected chi connectivity index (χ1v) is 3.64. The summed E-state index contributed by atoms with van der Waals surface area (Å²) in [5.74, 6) is 0. The van der Waals surface area contributed by atoms with Gasteiger partial charge in [-0.3, -0.25) is 0 Å². The van der Waals surface area contributed by atoms with E-state index in [1.807, 2.05) is 0 Å². The van der Waals surface area contributed by atoms with Crippen molar-refractivity contribution in [2.24, 2.45) is 0 Å². The number of hydrogen-bond acceptors (Lipinski definition) is 1. The Morgan fingerprint density at radius 3 is 2.56 bits per heavy atom. The van der Waals surface area contributed by atoms with E-state index in [1.165, 1.54) is 19.6 Å². The molecule has 0 saturated carbocycles. The fourth-order valence-corrected chi connectivity index (χ4v) is 1.16. The van der Waals surface area contributed by atoms with Crippen LogP contribution in [0, 0.1) is 0 Å². The zero-order valence-corrected chi connectivity index (χ0v) is 5.86. The van der Waals surface area contributed by atoms with Crippen molar-refractivity contribution in [3.8, 4) is 0 Å². The Kier molecular flexibility index (Phi) is 2.97. The van der Waals surface area contributed by atoms with Gasteiger partial charge in [-0.2, -0.15) is 0 Å². The highest BCUT2D eigenvalue weighted by Crippen LogP contribution is 1.73. The number of quaternary nitrogens is 2. The fraction of sp³-hybridized carbons (Fsp3) is 1.00. The summed E-state index contributed by atoms with van der Waals surface area (Å²) in [4.78, 5) is 1.65. The Labute approximate surface area is 55.8 Å². The highest BCUT2D eigenvalue weighted by atomic mass is 16.5. The molecule has 0 amide bonds. The average Bonchev–Trinajstić information content (AvgIpc) is 1.91. The predicted molar refractivity (Wildman–Crippen MR) is 34.1 cm³/mol. The van der Waals surface area contributed by atoms with Crippen LogP contribution in [0.15, 0.2) is 0 Å². The van der Waals surface area contributed by atoms with Crippen molar-refractivity contribution in [1.29, 1.82) is 0 Å². The zero-order chi connectivity index (χ0) is 6.53. The molecule has 1 aliphatic heterocycles. The van der Waals surface area contributed by atoms with Gasteiger partial charge in [0.1, 0.15) is 26.2 Å². The Balaban J connectivity index is 2.08. The molecule has 0 aromatic carbocycles. The van der Waals surface area contributed by atoms with E-state index in [9.17, 15) is 0 Å². The topological polar surface area (TPSA) is 41.3 Å². The summed E-state index contributed by atoms with van der Waals surface area (Å²) in [6.45, 7) is 6.49. The van der Waals surface area contributed by atoms with Crippen LogP contribution >= 0.6 is 0 Å². The SMILES string of the molecule is [NH3+]CC[NH+]1CCOCC1. The van der Waals surface area contributed by atoms with Crippen molar-refractivity contribution < 1.29 is 15.4 Å². The minimum Gasteiger partial charge on any atom is -0.370 e. The van der Waals surface area contributed by atoms with Gasteiger partial charge in [-0.25, -0.2) is 0 Å². The fourth-order valence-electron chi connectivity index (χ4n) is 1.16. The molecule has 1 saturated heterocycles. The molecular formula is C6H16N2O+2. The largest absolute Gasteiger partial charge is 0.370 e. The smallest absolute Gasteiger partial charge is 0.127 e. The van der Waals surface area contributed by atoms with E-state index in [1.54, 1.807) is 4.90 Å². The van der Waals surface area contributed by atoms with E-state index in [0.29, 0.717) is 0 Å². The lowest BCUT2D eigenvalue weighted by Crippen LogP contribution is -3.15. The third-order valence-electron chi connectivity index (χ3n) is 1.73. The summed E-state index contributed by atoms with van der Waals surface area (Å²) in [5, 5.41) is 0. The molecule has 0 atom stereocenters. The van der Waals surface area contributed by atoms with Gasteiger partial charge in [-0.05, 0) is 0 Å². The Bertz CT molecular complexity index is 68.7. The molecular weight excluding hydrogens is 116 g/mol. The zero-order valence-electron chi connectivity index (χ0n) is 5.86. The third-order valence-corrected chi connectivity index (χ3v) is 1.73. The van der Waals surface area contributed by atoms with Gasteiger partial charge in [0.15, 0.2) is 0 Å². The first kappa shape index (κ1) is 6.99. The van der Waals surface area contributed by atoms with Crippen LogP contribution in [-0.2, 0) is 4.74 Å². The molecule has 4 N–H and O–H groups in total. The standard InChI is InChI=1S/C6H14N2O/c7-1-2-8-3-5-9-6-4-8/h1-7H2/p+2. The van der Waals surface area contributed by atoms with Gasteiger partial charge < -0.3 is 15.4 Å². The third kappa shape index (κ3) is 2.30. The number of nitrogens with one attached hydrogen (secondary N) is 1. The second kappa shape index (κ2) is 3.82. The van der Waals surface area contributed by atoms with E-state index in [4.69, 9.17) is 4.74 Å². The molecule has 0 aromatic rings. The quantitative estimate of drug-likeness (QED) is 0.417. The average molecular weight is 132 g/mol. The number of hydrogen-bond donors (Lipinski definition) is 2. The van der Waals surface area contributed by atoms with Crippen molar-refractivity contribution >= 4 is 0 Å². The lowest BCUT2D eigenvalue weighted by Gasteiger charge is -2.21. The minimum atomic E-state index is 0.940. The van der Waals surface area contributed by atoms with E-state index in [-0.39, 0.29) is 0 Å². The highest BCUT2D eigenvalue weighted by Gasteiger charge is 2.11. The summed E-state index contributed by atoms with van der Waals surface area (Å²) in [7, 11) is 0. The van der Waals surface area contributed by atoms with Crippen LogP contribution in [0.25, 0.3) is 0 Å². The molecule has 1 heterocycles. The van der Waals surface area contributed by atoms with Gasteiger partial charge in [-0.15, -0.1) is 0 Å². The monoisotopic (exact) mass is 132 g/mol. The second-order valence-electron chi connectivity index (χ2n) is 2.47. The van der Waals surface area contributed by atoms with Crippen LogP contribution in [-0.4, -0.2) is 39.4 Å². The Morgan fingerprint density at radius 2 is 2.00 bits per heavy atom. The molecule has 9 heavy (non-hydrogen) atoms. The molecule has 1 fully saturated rings. The summed E-state index contributed by atoms with van der Waals surface area (Å²) < 4.78 is 5.20. The summed E-state index contributed by atoms with van der Waals surface area (Å²) in [6.07, 6.45) is 0. The van der Waals surface area contributed by atoms with Gasteiger partial charge in [0.05, 0.1) is 13.2 Å². The van der Waals surface area contributed by atoms with Crippen LogP contribution in [0.3, 0.4) is 0 Å². The first-order valence-electron chi connectivity index (χ1n) is 3.64. The van der Waals surface area contributed by atoms with E-state index >= 15 is 0 Å². The van der Waals surface area contributed by atoms with Gasteiger partial charge in [0, 0.05) is 0 Å². The van der Waals surface area contributed by atoms with Crippen molar-refractivity contribution in [3.63, 3.8) is 0 Å². The lowest BCUT2D eigenvalue weighted by atomic mass is 10.4. The molecule has 0 spiro atoms. The van der Waals surface area contributed by atoms with E-state index in [2.05, 4.69) is 5.73 Å². The number of ether oxygens (including phenoxy) is 1.